The van der Waals surface area contributed by atoms with E-state index in [1.165, 1.54) is 0 Å². The summed E-state index contributed by atoms with van der Waals surface area (Å²) in [6.07, 6.45) is 0. The maximum absolute atomic E-state index is 5.28. The Bertz CT molecular complexity index is 215. The fraction of sp³-hybridized carbons (Fsp3) is 0.750. The second-order valence-electron chi connectivity index (χ2n) is 2.51. The van der Waals surface area contributed by atoms with Crippen LogP contribution in [0.3, 0.4) is 0 Å². The largest absolute Gasteiger partial charge is 0.421 e. The van der Waals surface area contributed by atoms with Crippen LogP contribution in [-0.2, 0) is 17.9 Å². The fourth-order valence-electron chi connectivity index (χ4n) is 0.839. The standard InChI is InChI=1S/C8H15N3O2/c1-3-9-5-7-10-11-8(13-7)6-12-4-2/h9H,3-6H2,1-2H3. The van der Waals surface area contributed by atoms with Gasteiger partial charge in [0.25, 0.3) is 0 Å². The summed E-state index contributed by atoms with van der Waals surface area (Å²) >= 11 is 0. The van der Waals surface area contributed by atoms with Crippen LogP contribution in [0.4, 0.5) is 0 Å². The van der Waals surface area contributed by atoms with Crippen molar-refractivity contribution in [1.82, 2.24) is 15.5 Å². The maximum atomic E-state index is 5.28. The molecule has 13 heavy (non-hydrogen) atoms. The van der Waals surface area contributed by atoms with E-state index in [0.717, 1.165) is 6.54 Å². The number of hydrogen-bond donors (Lipinski definition) is 1. The summed E-state index contributed by atoms with van der Waals surface area (Å²) in [6, 6.07) is 0. The average molecular weight is 185 g/mol. The molecule has 0 aliphatic carbocycles. The van der Waals surface area contributed by atoms with Crippen molar-refractivity contribution in [2.24, 2.45) is 0 Å². The lowest BCUT2D eigenvalue weighted by Crippen LogP contribution is -2.11. The van der Waals surface area contributed by atoms with Gasteiger partial charge < -0.3 is 14.5 Å². The molecule has 0 aromatic carbocycles. The van der Waals surface area contributed by atoms with Crippen molar-refractivity contribution in [2.75, 3.05) is 13.2 Å². The number of ether oxygens (including phenoxy) is 1. The highest BCUT2D eigenvalue weighted by Gasteiger charge is 2.04. The second-order valence-corrected chi connectivity index (χ2v) is 2.51. The van der Waals surface area contributed by atoms with Crippen LogP contribution in [0.15, 0.2) is 4.42 Å². The zero-order valence-electron chi connectivity index (χ0n) is 8.04. The molecule has 0 aliphatic heterocycles. The van der Waals surface area contributed by atoms with Crippen molar-refractivity contribution < 1.29 is 9.15 Å². The van der Waals surface area contributed by atoms with Gasteiger partial charge in [-0.25, -0.2) is 0 Å². The van der Waals surface area contributed by atoms with Gasteiger partial charge in [0.1, 0.15) is 6.61 Å². The highest BCUT2D eigenvalue weighted by Crippen LogP contribution is 2.00. The van der Waals surface area contributed by atoms with Crippen LogP contribution in [0.1, 0.15) is 25.6 Å². The molecule has 5 nitrogen and oxygen atoms in total. The summed E-state index contributed by atoms with van der Waals surface area (Å²) in [5, 5.41) is 10.8. The summed E-state index contributed by atoms with van der Waals surface area (Å²) in [6.45, 7) is 6.52. The Hall–Kier alpha value is -0.940. The van der Waals surface area contributed by atoms with Gasteiger partial charge in [-0.1, -0.05) is 6.92 Å². The molecule has 1 heterocycles. The molecule has 74 valence electrons. The fourth-order valence-corrected chi connectivity index (χ4v) is 0.839. The molecule has 0 fully saturated rings. The van der Waals surface area contributed by atoms with E-state index in [9.17, 15) is 0 Å². The number of nitrogens with one attached hydrogen (secondary N) is 1. The van der Waals surface area contributed by atoms with E-state index in [2.05, 4.69) is 15.5 Å². The molecule has 0 atom stereocenters. The third-order valence-corrected chi connectivity index (χ3v) is 1.46. The van der Waals surface area contributed by atoms with Gasteiger partial charge in [-0.15, -0.1) is 10.2 Å². The van der Waals surface area contributed by atoms with Crippen molar-refractivity contribution in [3.05, 3.63) is 11.8 Å². The van der Waals surface area contributed by atoms with Gasteiger partial charge in [-0.2, -0.15) is 0 Å². The van der Waals surface area contributed by atoms with Gasteiger partial charge in [0.2, 0.25) is 11.8 Å². The molecule has 0 aliphatic rings. The molecule has 1 N–H and O–H groups in total. The minimum absolute atomic E-state index is 0.398. The third kappa shape index (κ3) is 3.52. The maximum Gasteiger partial charge on any atom is 0.242 e. The smallest absolute Gasteiger partial charge is 0.242 e. The van der Waals surface area contributed by atoms with Gasteiger partial charge in [-0.3, -0.25) is 0 Å². The van der Waals surface area contributed by atoms with Gasteiger partial charge in [0, 0.05) is 6.61 Å². The van der Waals surface area contributed by atoms with Crippen LogP contribution < -0.4 is 5.32 Å². The molecule has 1 rings (SSSR count). The summed E-state index contributed by atoms with van der Waals surface area (Å²) in [7, 11) is 0. The lowest BCUT2D eigenvalue weighted by Gasteiger charge is -1.95. The SMILES string of the molecule is CCNCc1nnc(COCC)o1. The van der Waals surface area contributed by atoms with Crippen LogP contribution in [0.25, 0.3) is 0 Å². The Morgan fingerprint density at radius 3 is 2.77 bits per heavy atom. The molecule has 0 radical (unpaired) electrons. The zero-order chi connectivity index (χ0) is 9.52. The Balaban J connectivity index is 2.34. The van der Waals surface area contributed by atoms with E-state index < -0.39 is 0 Å². The van der Waals surface area contributed by atoms with Gasteiger partial charge in [0.05, 0.1) is 6.54 Å². The van der Waals surface area contributed by atoms with E-state index >= 15 is 0 Å². The lowest BCUT2D eigenvalue weighted by molar-refractivity contribution is 0.113. The highest BCUT2D eigenvalue weighted by molar-refractivity contribution is 4.79. The first kappa shape index (κ1) is 10.1. The van der Waals surface area contributed by atoms with Crippen molar-refractivity contribution >= 4 is 0 Å². The quantitative estimate of drug-likeness (QED) is 0.707. The summed E-state index contributed by atoms with van der Waals surface area (Å²) in [4.78, 5) is 0. The van der Waals surface area contributed by atoms with Crippen LogP contribution in [0, 0.1) is 0 Å². The minimum Gasteiger partial charge on any atom is -0.421 e. The molecule has 0 bridgehead atoms. The van der Waals surface area contributed by atoms with E-state index in [-0.39, 0.29) is 0 Å². The molecule has 0 unspecified atom stereocenters. The lowest BCUT2D eigenvalue weighted by atomic mass is 10.6. The minimum atomic E-state index is 0.398. The van der Waals surface area contributed by atoms with Gasteiger partial charge >= 0.3 is 0 Å². The van der Waals surface area contributed by atoms with Crippen molar-refractivity contribution in [2.45, 2.75) is 27.0 Å². The van der Waals surface area contributed by atoms with Crippen LogP contribution in [0.5, 0.6) is 0 Å². The van der Waals surface area contributed by atoms with Crippen LogP contribution in [0.2, 0.25) is 0 Å². The van der Waals surface area contributed by atoms with E-state index in [1.807, 2.05) is 13.8 Å². The Morgan fingerprint density at radius 2 is 2.08 bits per heavy atom. The molecule has 5 heteroatoms. The van der Waals surface area contributed by atoms with E-state index in [0.29, 0.717) is 31.5 Å². The molecule has 0 spiro atoms. The van der Waals surface area contributed by atoms with Crippen molar-refractivity contribution in [3.8, 4) is 0 Å². The van der Waals surface area contributed by atoms with Crippen LogP contribution in [-0.4, -0.2) is 23.3 Å². The van der Waals surface area contributed by atoms with Crippen LogP contribution >= 0.6 is 0 Å². The average Bonchev–Trinajstić information content (AvgIpc) is 2.59. The molecule has 0 saturated heterocycles. The highest BCUT2D eigenvalue weighted by atomic mass is 16.5. The summed E-state index contributed by atoms with van der Waals surface area (Å²) < 4.78 is 10.4. The predicted octanol–water partition coefficient (Wildman–Crippen LogP) is 0.716. The molecular formula is C8H15N3O2. The molecule has 0 saturated carbocycles. The number of rotatable bonds is 6. The summed E-state index contributed by atoms with van der Waals surface area (Å²) in [5.74, 6) is 1.14. The molecular weight excluding hydrogens is 170 g/mol. The topological polar surface area (TPSA) is 60.2 Å². The monoisotopic (exact) mass is 185 g/mol. The van der Waals surface area contributed by atoms with E-state index in [1.54, 1.807) is 0 Å². The van der Waals surface area contributed by atoms with Gasteiger partial charge in [-0.05, 0) is 13.5 Å². The molecule has 0 amide bonds. The molecule has 1 aromatic rings. The normalized spacial score (nSPS) is 10.6. The van der Waals surface area contributed by atoms with Gasteiger partial charge in [0.15, 0.2) is 0 Å². The number of nitrogens with zero attached hydrogens (tertiary/aromatic N) is 2. The number of hydrogen-bond acceptors (Lipinski definition) is 5. The first-order chi connectivity index (χ1) is 6.36. The second kappa shape index (κ2) is 5.66. The van der Waals surface area contributed by atoms with Crippen molar-refractivity contribution in [1.29, 1.82) is 0 Å². The summed E-state index contributed by atoms with van der Waals surface area (Å²) in [5.41, 5.74) is 0. The molecule has 1 aromatic heterocycles. The Kier molecular flexibility index (Phi) is 4.42. The zero-order valence-corrected chi connectivity index (χ0v) is 8.04. The first-order valence-electron chi connectivity index (χ1n) is 4.46. The Morgan fingerprint density at radius 1 is 1.31 bits per heavy atom. The Labute approximate surface area is 77.5 Å². The number of aromatic nitrogens is 2. The van der Waals surface area contributed by atoms with E-state index in [4.69, 9.17) is 9.15 Å². The third-order valence-electron chi connectivity index (χ3n) is 1.46. The first-order valence-corrected chi connectivity index (χ1v) is 4.46. The predicted molar refractivity (Wildman–Crippen MR) is 47.0 cm³/mol. The van der Waals surface area contributed by atoms with Crippen molar-refractivity contribution in [3.63, 3.8) is 0 Å².